The Morgan fingerprint density at radius 2 is 1.71 bits per heavy atom. The average molecular weight is 423 g/mol. The van der Waals surface area contributed by atoms with E-state index in [4.69, 9.17) is 9.73 Å². The number of nitrogens with zero attached hydrogens (tertiary/aromatic N) is 2. The first-order valence-corrected chi connectivity index (χ1v) is 10.9. The normalized spacial score (nSPS) is 15.4. The Bertz CT molecular complexity index is 857. The summed E-state index contributed by atoms with van der Waals surface area (Å²) in [5, 5.41) is 6.74. The molecule has 1 fully saturated rings. The standard InChI is InChI=1S/C25H34N4O2/c1-29(2)23(30)18-27-24(26-17-20-11-13-22(31-3)14-12-20)28-19-25(15-7-8-16-25)21-9-5-4-6-10-21/h4-6,9-14H,7-8,15-19H2,1-3H3,(H2,26,27,28). The Hall–Kier alpha value is -3.02. The predicted molar refractivity (Wildman–Crippen MR) is 125 cm³/mol. The number of hydrogen-bond donors (Lipinski definition) is 2. The van der Waals surface area contributed by atoms with Crippen molar-refractivity contribution >= 4 is 11.9 Å². The van der Waals surface area contributed by atoms with Crippen molar-refractivity contribution in [2.45, 2.75) is 37.6 Å². The van der Waals surface area contributed by atoms with Gasteiger partial charge in [-0.3, -0.25) is 4.79 Å². The lowest BCUT2D eigenvalue weighted by molar-refractivity contribution is -0.127. The highest BCUT2D eigenvalue weighted by Crippen LogP contribution is 2.40. The molecule has 2 aromatic carbocycles. The van der Waals surface area contributed by atoms with Crippen LogP contribution in [0.5, 0.6) is 5.75 Å². The predicted octanol–water partition coefficient (Wildman–Crippen LogP) is 3.33. The van der Waals surface area contributed by atoms with E-state index in [9.17, 15) is 4.79 Å². The van der Waals surface area contributed by atoms with E-state index < -0.39 is 0 Å². The minimum absolute atomic E-state index is 0.0117. The van der Waals surface area contributed by atoms with Gasteiger partial charge < -0.3 is 20.3 Å². The van der Waals surface area contributed by atoms with Crippen molar-refractivity contribution < 1.29 is 9.53 Å². The summed E-state index contributed by atoms with van der Waals surface area (Å²) in [6.45, 7) is 1.52. The summed E-state index contributed by atoms with van der Waals surface area (Å²) in [6, 6.07) is 18.6. The molecular weight excluding hydrogens is 388 g/mol. The Morgan fingerprint density at radius 3 is 2.32 bits per heavy atom. The maximum Gasteiger partial charge on any atom is 0.241 e. The number of ether oxygens (including phenoxy) is 1. The highest BCUT2D eigenvalue weighted by atomic mass is 16.5. The molecule has 1 aliphatic rings. The molecule has 3 rings (SSSR count). The molecule has 0 atom stereocenters. The molecule has 0 aromatic heterocycles. The number of carbonyl (C=O) groups excluding carboxylic acids is 1. The Balaban J connectivity index is 1.72. The fourth-order valence-electron chi connectivity index (χ4n) is 4.06. The first kappa shape index (κ1) is 22.7. The van der Waals surface area contributed by atoms with E-state index >= 15 is 0 Å². The molecule has 6 heteroatoms. The van der Waals surface area contributed by atoms with Crippen molar-refractivity contribution in [2.75, 3.05) is 34.3 Å². The molecule has 0 radical (unpaired) electrons. The molecule has 0 bridgehead atoms. The maximum absolute atomic E-state index is 12.1. The van der Waals surface area contributed by atoms with Crippen LogP contribution in [0.1, 0.15) is 36.8 Å². The molecule has 0 unspecified atom stereocenters. The van der Waals surface area contributed by atoms with Crippen LogP contribution in [0.25, 0.3) is 0 Å². The monoisotopic (exact) mass is 422 g/mol. The number of methoxy groups -OCH3 is 1. The fraction of sp³-hybridized carbons (Fsp3) is 0.440. The van der Waals surface area contributed by atoms with Gasteiger partial charge >= 0.3 is 0 Å². The summed E-state index contributed by atoms with van der Waals surface area (Å²) in [4.78, 5) is 18.4. The number of aliphatic imine (C=N–C) groups is 1. The van der Waals surface area contributed by atoms with E-state index in [0.717, 1.165) is 30.7 Å². The molecule has 0 saturated heterocycles. The number of likely N-dealkylation sites (N-methyl/N-ethyl adjacent to an activating group) is 1. The lowest BCUT2D eigenvalue weighted by atomic mass is 9.79. The van der Waals surface area contributed by atoms with E-state index in [-0.39, 0.29) is 17.9 Å². The summed E-state index contributed by atoms with van der Waals surface area (Å²) in [7, 11) is 5.18. The van der Waals surface area contributed by atoms with Crippen molar-refractivity contribution in [1.29, 1.82) is 0 Å². The van der Waals surface area contributed by atoms with Crippen LogP contribution in [-0.4, -0.2) is 51.1 Å². The van der Waals surface area contributed by atoms with E-state index in [1.54, 1.807) is 26.1 Å². The van der Waals surface area contributed by atoms with Crippen LogP contribution in [0, 0.1) is 0 Å². The molecule has 1 saturated carbocycles. The Morgan fingerprint density at radius 1 is 1.03 bits per heavy atom. The number of rotatable bonds is 8. The summed E-state index contributed by atoms with van der Waals surface area (Å²) in [5.74, 6) is 1.50. The van der Waals surface area contributed by atoms with Gasteiger partial charge in [-0.25, -0.2) is 4.99 Å². The highest BCUT2D eigenvalue weighted by molar-refractivity contribution is 5.86. The molecule has 166 valence electrons. The smallest absolute Gasteiger partial charge is 0.241 e. The van der Waals surface area contributed by atoms with E-state index in [2.05, 4.69) is 41.0 Å². The number of hydrogen-bond acceptors (Lipinski definition) is 3. The summed E-state index contributed by atoms with van der Waals surface area (Å²) in [5.41, 5.74) is 2.56. The molecule has 0 heterocycles. The van der Waals surface area contributed by atoms with Crippen LogP contribution in [-0.2, 0) is 16.8 Å². The van der Waals surface area contributed by atoms with Gasteiger partial charge in [-0.15, -0.1) is 0 Å². The van der Waals surface area contributed by atoms with Crippen molar-refractivity contribution in [2.24, 2.45) is 4.99 Å². The third-order valence-electron chi connectivity index (χ3n) is 6.03. The second-order valence-corrected chi connectivity index (χ2v) is 8.36. The molecule has 1 aliphatic carbocycles. The molecule has 0 aliphatic heterocycles. The van der Waals surface area contributed by atoms with Crippen LogP contribution in [0.15, 0.2) is 59.6 Å². The van der Waals surface area contributed by atoms with Crippen molar-refractivity contribution in [3.63, 3.8) is 0 Å². The first-order chi connectivity index (χ1) is 15.0. The molecule has 2 aromatic rings. The van der Waals surface area contributed by atoms with E-state index in [1.807, 2.05) is 24.3 Å². The van der Waals surface area contributed by atoms with Crippen molar-refractivity contribution in [3.8, 4) is 5.75 Å². The van der Waals surface area contributed by atoms with Crippen LogP contribution in [0.4, 0.5) is 0 Å². The van der Waals surface area contributed by atoms with Crippen LogP contribution in [0.2, 0.25) is 0 Å². The zero-order valence-corrected chi connectivity index (χ0v) is 18.9. The highest BCUT2D eigenvalue weighted by Gasteiger charge is 2.35. The van der Waals surface area contributed by atoms with Gasteiger partial charge in [0.2, 0.25) is 5.91 Å². The van der Waals surface area contributed by atoms with Gasteiger partial charge in [0.05, 0.1) is 20.2 Å². The second kappa shape index (κ2) is 10.8. The fourth-order valence-corrected chi connectivity index (χ4v) is 4.06. The second-order valence-electron chi connectivity index (χ2n) is 8.36. The van der Waals surface area contributed by atoms with Crippen molar-refractivity contribution in [3.05, 3.63) is 65.7 Å². The number of nitrogens with one attached hydrogen (secondary N) is 2. The van der Waals surface area contributed by atoms with Gasteiger partial charge in [0, 0.05) is 26.1 Å². The topological polar surface area (TPSA) is 66.0 Å². The van der Waals surface area contributed by atoms with Gasteiger partial charge in [-0.1, -0.05) is 55.3 Å². The zero-order chi connectivity index (χ0) is 22.1. The lowest BCUT2D eigenvalue weighted by Crippen LogP contribution is -2.47. The average Bonchev–Trinajstić information content (AvgIpc) is 3.29. The van der Waals surface area contributed by atoms with Gasteiger partial charge in [-0.05, 0) is 36.1 Å². The Labute approximate surface area is 185 Å². The van der Waals surface area contributed by atoms with E-state index in [0.29, 0.717) is 12.5 Å². The molecule has 0 spiro atoms. The first-order valence-electron chi connectivity index (χ1n) is 10.9. The van der Waals surface area contributed by atoms with Gasteiger partial charge in [-0.2, -0.15) is 0 Å². The maximum atomic E-state index is 12.1. The largest absolute Gasteiger partial charge is 0.497 e. The van der Waals surface area contributed by atoms with E-state index in [1.165, 1.54) is 18.4 Å². The van der Waals surface area contributed by atoms with Gasteiger partial charge in [0.25, 0.3) is 0 Å². The van der Waals surface area contributed by atoms with Gasteiger partial charge in [0.1, 0.15) is 5.75 Å². The molecule has 1 amide bonds. The molecule has 2 N–H and O–H groups in total. The minimum Gasteiger partial charge on any atom is -0.497 e. The number of benzene rings is 2. The van der Waals surface area contributed by atoms with Gasteiger partial charge in [0.15, 0.2) is 5.96 Å². The SMILES string of the molecule is COc1ccc(CN=C(NCC(=O)N(C)C)NCC2(c3ccccc3)CCCC2)cc1. The summed E-state index contributed by atoms with van der Waals surface area (Å²) in [6.07, 6.45) is 4.79. The Kier molecular flexibility index (Phi) is 7.93. The third-order valence-corrected chi connectivity index (χ3v) is 6.03. The number of amides is 1. The summed E-state index contributed by atoms with van der Waals surface area (Å²) >= 11 is 0. The van der Waals surface area contributed by atoms with Crippen molar-refractivity contribution in [1.82, 2.24) is 15.5 Å². The lowest BCUT2D eigenvalue weighted by Gasteiger charge is -2.31. The molecular formula is C25H34N4O2. The summed E-state index contributed by atoms with van der Waals surface area (Å²) < 4.78 is 5.23. The molecule has 6 nitrogen and oxygen atoms in total. The quantitative estimate of drug-likeness (QED) is 0.506. The van der Waals surface area contributed by atoms with Crippen LogP contribution in [0.3, 0.4) is 0 Å². The number of guanidine groups is 1. The minimum atomic E-state index is 0.0117. The zero-order valence-electron chi connectivity index (χ0n) is 18.9. The number of carbonyl (C=O) groups is 1. The third kappa shape index (κ3) is 6.23. The molecule has 31 heavy (non-hydrogen) atoms. The van der Waals surface area contributed by atoms with Crippen LogP contribution >= 0.6 is 0 Å². The van der Waals surface area contributed by atoms with Crippen LogP contribution < -0.4 is 15.4 Å².